The summed E-state index contributed by atoms with van der Waals surface area (Å²) in [7, 11) is 0. The topological polar surface area (TPSA) is 46.3 Å². The molecule has 2 rings (SSSR count). The zero-order chi connectivity index (χ0) is 9.97. The van der Waals surface area contributed by atoms with Crippen molar-refractivity contribution in [1.82, 2.24) is 4.90 Å². The first-order valence-corrected chi connectivity index (χ1v) is 4.83. The van der Waals surface area contributed by atoms with Gasteiger partial charge in [-0.15, -0.1) is 0 Å². The highest BCUT2D eigenvalue weighted by Gasteiger charge is 2.26. The molecule has 1 heterocycles. The molecule has 14 heavy (non-hydrogen) atoms. The molecule has 1 aliphatic heterocycles. The minimum absolute atomic E-state index is 0.0196. The Morgan fingerprint density at radius 2 is 2.07 bits per heavy atom. The lowest BCUT2D eigenvalue weighted by molar-refractivity contribution is -0.128. The van der Waals surface area contributed by atoms with Crippen molar-refractivity contribution in [3.63, 3.8) is 0 Å². The van der Waals surface area contributed by atoms with Crippen LogP contribution < -0.4 is 5.73 Å². The predicted octanol–water partition coefficient (Wildman–Crippen LogP) is 0.746. The first-order valence-electron chi connectivity index (χ1n) is 4.83. The Bertz CT molecular complexity index is 323. The van der Waals surface area contributed by atoms with Gasteiger partial charge in [0.2, 0.25) is 5.91 Å². The summed E-state index contributed by atoms with van der Waals surface area (Å²) in [4.78, 5) is 13.3. The van der Waals surface area contributed by atoms with Crippen LogP contribution in [0.4, 0.5) is 0 Å². The van der Waals surface area contributed by atoms with Gasteiger partial charge in [-0.25, -0.2) is 0 Å². The fourth-order valence-corrected chi connectivity index (χ4v) is 1.76. The van der Waals surface area contributed by atoms with Gasteiger partial charge in [0, 0.05) is 25.6 Å². The van der Waals surface area contributed by atoms with Crippen molar-refractivity contribution in [3.8, 4) is 0 Å². The summed E-state index contributed by atoms with van der Waals surface area (Å²) < 4.78 is 0. The monoisotopic (exact) mass is 190 g/mol. The Kier molecular flexibility index (Phi) is 2.50. The van der Waals surface area contributed by atoms with Crippen LogP contribution in [0.25, 0.3) is 0 Å². The molecule has 1 aromatic rings. The highest BCUT2D eigenvalue weighted by Crippen LogP contribution is 2.13. The van der Waals surface area contributed by atoms with E-state index in [-0.39, 0.29) is 11.9 Å². The third-order valence-electron chi connectivity index (χ3n) is 2.46. The van der Waals surface area contributed by atoms with E-state index >= 15 is 0 Å². The number of carbonyl (C=O) groups excluding carboxylic acids is 1. The molecule has 1 fully saturated rings. The molecule has 0 aliphatic carbocycles. The molecule has 0 bridgehead atoms. The number of benzene rings is 1. The summed E-state index contributed by atoms with van der Waals surface area (Å²) >= 11 is 0. The Balaban J connectivity index is 2.02. The molecular formula is C11H14N2O. The van der Waals surface area contributed by atoms with Gasteiger partial charge in [0.1, 0.15) is 0 Å². The van der Waals surface area contributed by atoms with Crippen LogP contribution in [0.15, 0.2) is 30.3 Å². The standard InChI is InChI=1S/C11H14N2O/c12-10-6-11(14)13(8-10)7-9-4-2-1-3-5-9/h1-5,10H,6-8,12H2. The number of carbonyl (C=O) groups is 1. The predicted molar refractivity (Wildman–Crippen MR) is 54.5 cm³/mol. The van der Waals surface area contributed by atoms with E-state index in [1.54, 1.807) is 0 Å². The van der Waals surface area contributed by atoms with Gasteiger partial charge in [-0.1, -0.05) is 30.3 Å². The Morgan fingerprint density at radius 3 is 2.64 bits per heavy atom. The highest BCUT2D eigenvalue weighted by atomic mass is 16.2. The highest BCUT2D eigenvalue weighted by molar-refractivity contribution is 5.79. The van der Waals surface area contributed by atoms with E-state index < -0.39 is 0 Å². The molecule has 1 aliphatic rings. The average molecular weight is 190 g/mol. The fourth-order valence-electron chi connectivity index (χ4n) is 1.76. The average Bonchev–Trinajstić information content (AvgIpc) is 2.47. The third-order valence-corrected chi connectivity index (χ3v) is 2.46. The van der Waals surface area contributed by atoms with Crippen molar-refractivity contribution in [3.05, 3.63) is 35.9 Å². The lowest BCUT2D eigenvalue weighted by atomic mass is 10.2. The van der Waals surface area contributed by atoms with Crippen LogP contribution in [0.5, 0.6) is 0 Å². The van der Waals surface area contributed by atoms with Gasteiger partial charge in [0.05, 0.1) is 0 Å². The molecule has 1 aromatic carbocycles. The minimum atomic E-state index is 0.0196. The molecule has 1 unspecified atom stereocenters. The van der Waals surface area contributed by atoms with Crippen LogP contribution in [0.2, 0.25) is 0 Å². The van der Waals surface area contributed by atoms with Gasteiger partial charge >= 0.3 is 0 Å². The summed E-state index contributed by atoms with van der Waals surface area (Å²) in [6.45, 7) is 1.38. The van der Waals surface area contributed by atoms with Gasteiger partial charge in [-0.2, -0.15) is 0 Å². The molecular weight excluding hydrogens is 176 g/mol. The van der Waals surface area contributed by atoms with Crippen molar-refractivity contribution in [1.29, 1.82) is 0 Å². The van der Waals surface area contributed by atoms with E-state index in [0.29, 0.717) is 19.5 Å². The minimum Gasteiger partial charge on any atom is -0.337 e. The largest absolute Gasteiger partial charge is 0.337 e. The van der Waals surface area contributed by atoms with E-state index in [4.69, 9.17) is 5.73 Å². The number of rotatable bonds is 2. The van der Waals surface area contributed by atoms with Gasteiger partial charge in [0.25, 0.3) is 0 Å². The molecule has 0 radical (unpaired) electrons. The summed E-state index contributed by atoms with van der Waals surface area (Å²) in [6.07, 6.45) is 0.493. The number of nitrogens with zero attached hydrogens (tertiary/aromatic N) is 1. The van der Waals surface area contributed by atoms with Gasteiger partial charge in [-0.3, -0.25) is 4.79 Å². The first kappa shape index (κ1) is 9.21. The zero-order valence-corrected chi connectivity index (χ0v) is 8.02. The molecule has 74 valence electrons. The van der Waals surface area contributed by atoms with E-state index in [9.17, 15) is 4.79 Å². The summed E-state index contributed by atoms with van der Waals surface area (Å²) in [6, 6.07) is 10.0. The van der Waals surface area contributed by atoms with Crippen LogP contribution in [0.3, 0.4) is 0 Å². The maximum atomic E-state index is 11.4. The Labute approximate surface area is 83.5 Å². The number of amides is 1. The fraction of sp³-hybridized carbons (Fsp3) is 0.364. The van der Waals surface area contributed by atoms with Crippen molar-refractivity contribution < 1.29 is 4.79 Å². The Morgan fingerprint density at radius 1 is 1.36 bits per heavy atom. The second kappa shape index (κ2) is 3.80. The normalized spacial score (nSPS) is 21.6. The number of nitrogens with two attached hydrogens (primary N) is 1. The second-order valence-electron chi connectivity index (χ2n) is 3.72. The van der Waals surface area contributed by atoms with E-state index in [2.05, 4.69) is 0 Å². The molecule has 0 spiro atoms. The summed E-state index contributed by atoms with van der Waals surface area (Å²) in [5.74, 6) is 0.168. The lowest BCUT2D eigenvalue weighted by Crippen LogP contribution is -2.27. The molecule has 1 saturated heterocycles. The van der Waals surface area contributed by atoms with Crippen LogP contribution in [-0.2, 0) is 11.3 Å². The number of hydrogen-bond donors (Lipinski definition) is 1. The maximum absolute atomic E-state index is 11.4. The maximum Gasteiger partial charge on any atom is 0.224 e. The van der Waals surface area contributed by atoms with Crippen molar-refractivity contribution >= 4 is 5.91 Å². The van der Waals surface area contributed by atoms with Gasteiger partial charge in [0.15, 0.2) is 0 Å². The first-order chi connectivity index (χ1) is 6.75. The lowest BCUT2D eigenvalue weighted by Gasteiger charge is -2.15. The molecule has 0 saturated carbocycles. The smallest absolute Gasteiger partial charge is 0.224 e. The molecule has 3 nitrogen and oxygen atoms in total. The van der Waals surface area contributed by atoms with E-state index in [0.717, 1.165) is 5.56 Å². The van der Waals surface area contributed by atoms with Gasteiger partial charge < -0.3 is 10.6 Å². The Hall–Kier alpha value is -1.35. The summed E-state index contributed by atoms with van der Waals surface area (Å²) in [5, 5.41) is 0. The van der Waals surface area contributed by atoms with Crippen molar-refractivity contribution in [2.75, 3.05) is 6.54 Å². The van der Waals surface area contributed by atoms with E-state index in [1.165, 1.54) is 0 Å². The van der Waals surface area contributed by atoms with Crippen LogP contribution in [0, 0.1) is 0 Å². The number of hydrogen-bond acceptors (Lipinski definition) is 2. The number of likely N-dealkylation sites (tertiary alicyclic amines) is 1. The molecule has 3 heteroatoms. The van der Waals surface area contributed by atoms with E-state index in [1.807, 2.05) is 35.2 Å². The SMILES string of the molecule is NC1CC(=O)N(Cc2ccccc2)C1. The summed E-state index contributed by atoms with van der Waals surface area (Å²) in [5.41, 5.74) is 6.87. The van der Waals surface area contributed by atoms with Crippen LogP contribution >= 0.6 is 0 Å². The second-order valence-corrected chi connectivity index (χ2v) is 3.72. The zero-order valence-electron chi connectivity index (χ0n) is 8.02. The van der Waals surface area contributed by atoms with Crippen molar-refractivity contribution in [2.45, 2.75) is 19.0 Å². The third kappa shape index (κ3) is 1.93. The van der Waals surface area contributed by atoms with Crippen molar-refractivity contribution in [2.24, 2.45) is 5.73 Å². The molecule has 0 aromatic heterocycles. The quantitative estimate of drug-likeness (QED) is 0.748. The van der Waals surface area contributed by atoms with Gasteiger partial charge in [-0.05, 0) is 5.56 Å². The molecule has 1 amide bonds. The molecule has 1 atom stereocenters. The van der Waals surface area contributed by atoms with Crippen LogP contribution in [-0.4, -0.2) is 23.4 Å². The molecule has 2 N–H and O–H groups in total. The van der Waals surface area contributed by atoms with Crippen LogP contribution in [0.1, 0.15) is 12.0 Å².